The summed E-state index contributed by atoms with van der Waals surface area (Å²) in [6.07, 6.45) is 16.3. The summed E-state index contributed by atoms with van der Waals surface area (Å²) in [5.74, 6) is -0.901. The second-order valence-corrected chi connectivity index (χ2v) is 7.01. The highest BCUT2D eigenvalue weighted by molar-refractivity contribution is 5.97. The number of carbonyl (C=O) groups excluding carboxylic acids is 2. The lowest BCUT2D eigenvalue weighted by Crippen LogP contribution is -2.24. The largest absolute Gasteiger partial charge is 0.465 e. The van der Waals surface area contributed by atoms with Crippen molar-refractivity contribution in [3.63, 3.8) is 0 Å². The van der Waals surface area contributed by atoms with Crippen molar-refractivity contribution in [3.05, 3.63) is 0 Å². The molecular weight excluding hydrogens is 300 g/mol. The molecule has 0 N–H and O–H groups in total. The van der Waals surface area contributed by atoms with Crippen molar-refractivity contribution >= 4 is 11.8 Å². The van der Waals surface area contributed by atoms with Gasteiger partial charge in [-0.15, -0.1) is 0 Å². The molecule has 0 amide bonds. The molecule has 0 aliphatic carbocycles. The quantitative estimate of drug-likeness (QED) is 0.179. The predicted octanol–water partition coefficient (Wildman–Crippen LogP) is 6.24. The van der Waals surface area contributed by atoms with E-state index in [4.69, 9.17) is 4.74 Å². The molecule has 0 radical (unpaired) electrons. The number of Topliss-reactive ketones (excluding diaryl/α,β-unsaturated/α-hetero) is 1. The van der Waals surface area contributed by atoms with Crippen LogP contribution in [0.4, 0.5) is 0 Å². The zero-order valence-electron chi connectivity index (χ0n) is 16.4. The van der Waals surface area contributed by atoms with Gasteiger partial charge in [0.15, 0.2) is 0 Å². The summed E-state index contributed by atoms with van der Waals surface area (Å²) in [7, 11) is 0. The molecule has 0 saturated heterocycles. The van der Waals surface area contributed by atoms with Crippen LogP contribution in [0.5, 0.6) is 0 Å². The molecule has 24 heavy (non-hydrogen) atoms. The molecule has 0 aromatic carbocycles. The van der Waals surface area contributed by atoms with Gasteiger partial charge < -0.3 is 4.74 Å². The zero-order chi connectivity index (χ0) is 18.0. The Kier molecular flexibility index (Phi) is 16.4. The lowest BCUT2D eigenvalue weighted by molar-refractivity contribution is -0.152. The van der Waals surface area contributed by atoms with E-state index in [2.05, 4.69) is 13.8 Å². The number of carbonyl (C=O) groups is 2. The number of rotatable bonds is 17. The van der Waals surface area contributed by atoms with Gasteiger partial charge in [0.1, 0.15) is 11.7 Å². The van der Waals surface area contributed by atoms with Crippen LogP contribution >= 0.6 is 0 Å². The monoisotopic (exact) mass is 340 g/mol. The lowest BCUT2D eigenvalue weighted by atomic mass is 9.97. The number of unbranched alkanes of at least 4 members (excludes halogenated alkanes) is 11. The Morgan fingerprint density at radius 3 is 1.67 bits per heavy atom. The van der Waals surface area contributed by atoms with Crippen LogP contribution in [0.15, 0.2) is 0 Å². The van der Waals surface area contributed by atoms with E-state index in [1.54, 1.807) is 0 Å². The van der Waals surface area contributed by atoms with Gasteiger partial charge in [0.05, 0.1) is 6.61 Å². The van der Waals surface area contributed by atoms with Crippen molar-refractivity contribution < 1.29 is 14.3 Å². The minimum atomic E-state index is -0.541. The molecule has 0 aliphatic heterocycles. The molecule has 1 unspecified atom stereocenters. The fourth-order valence-corrected chi connectivity index (χ4v) is 2.95. The van der Waals surface area contributed by atoms with Crippen molar-refractivity contribution in [1.29, 1.82) is 0 Å². The van der Waals surface area contributed by atoms with Crippen molar-refractivity contribution in [3.8, 4) is 0 Å². The van der Waals surface area contributed by atoms with Crippen LogP contribution in [-0.2, 0) is 14.3 Å². The van der Waals surface area contributed by atoms with E-state index in [1.165, 1.54) is 58.3 Å². The van der Waals surface area contributed by atoms with Crippen LogP contribution in [0.1, 0.15) is 111 Å². The molecule has 1 atom stereocenters. The summed E-state index contributed by atoms with van der Waals surface area (Å²) < 4.78 is 5.25. The Morgan fingerprint density at radius 2 is 1.17 bits per heavy atom. The third kappa shape index (κ3) is 13.6. The van der Waals surface area contributed by atoms with Crippen LogP contribution in [0.2, 0.25) is 0 Å². The first-order valence-corrected chi connectivity index (χ1v) is 10.3. The Labute approximate surface area is 149 Å². The van der Waals surface area contributed by atoms with Gasteiger partial charge in [0, 0.05) is 0 Å². The van der Waals surface area contributed by atoms with Crippen LogP contribution in [0.25, 0.3) is 0 Å². The summed E-state index contributed by atoms with van der Waals surface area (Å²) in [5, 5.41) is 0. The molecule has 0 aliphatic rings. The molecule has 3 nitrogen and oxygen atoms in total. The van der Waals surface area contributed by atoms with E-state index < -0.39 is 5.92 Å². The number of esters is 1. The van der Waals surface area contributed by atoms with Gasteiger partial charge in [-0.1, -0.05) is 90.9 Å². The number of hydrogen-bond acceptors (Lipinski definition) is 3. The first-order valence-electron chi connectivity index (χ1n) is 10.3. The van der Waals surface area contributed by atoms with Gasteiger partial charge in [0.25, 0.3) is 0 Å². The molecule has 0 rings (SSSR count). The van der Waals surface area contributed by atoms with Crippen LogP contribution < -0.4 is 0 Å². The number of ether oxygens (including phenoxy) is 1. The Morgan fingerprint density at radius 1 is 0.708 bits per heavy atom. The summed E-state index contributed by atoms with van der Waals surface area (Å²) in [4.78, 5) is 23.7. The standard InChI is InChI=1S/C21H40O3/c1-4-6-8-9-10-11-12-13-14-15-17-20(19(3)22)21(23)24-18-16-7-5-2/h20H,4-18H2,1-3H3. The molecule has 0 aromatic rings. The van der Waals surface area contributed by atoms with E-state index >= 15 is 0 Å². The molecular formula is C21H40O3. The highest BCUT2D eigenvalue weighted by Crippen LogP contribution is 2.16. The fourth-order valence-electron chi connectivity index (χ4n) is 2.95. The zero-order valence-corrected chi connectivity index (χ0v) is 16.4. The minimum Gasteiger partial charge on any atom is -0.465 e. The molecule has 0 aromatic heterocycles. The fraction of sp³-hybridized carbons (Fsp3) is 0.905. The minimum absolute atomic E-state index is 0.0496. The smallest absolute Gasteiger partial charge is 0.316 e. The molecule has 3 heteroatoms. The third-order valence-electron chi connectivity index (χ3n) is 4.61. The lowest BCUT2D eigenvalue weighted by Gasteiger charge is -2.13. The van der Waals surface area contributed by atoms with E-state index in [1.807, 2.05) is 0 Å². The van der Waals surface area contributed by atoms with Crippen LogP contribution in [-0.4, -0.2) is 18.4 Å². The second kappa shape index (κ2) is 17.0. The van der Waals surface area contributed by atoms with Crippen molar-refractivity contribution in [2.45, 2.75) is 111 Å². The van der Waals surface area contributed by atoms with Crippen molar-refractivity contribution in [2.75, 3.05) is 6.61 Å². The molecule has 0 saturated carbocycles. The average Bonchev–Trinajstić information content (AvgIpc) is 2.56. The van der Waals surface area contributed by atoms with Crippen LogP contribution in [0, 0.1) is 5.92 Å². The van der Waals surface area contributed by atoms with Crippen molar-refractivity contribution in [2.24, 2.45) is 5.92 Å². The summed E-state index contributed by atoms with van der Waals surface area (Å²) >= 11 is 0. The van der Waals surface area contributed by atoms with Crippen LogP contribution in [0.3, 0.4) is 0 Å². The van der Waals surface area contributed by atoms with Gasteiger partial charge in [-0.2, -0.15) is 0 Å². The predicted molar refractivity (Wildman–Crippen MR) is 101 cm³/mol. The highest BCUT2D eigenvalue weighted by atomic mass is 16.5. The van der Waals surface area contributed by atoms with Gasteiger partial charge in [-0.25, -0.2) is 0 Å². The highest BCUT2D eigenvalue weighted by Gasteiger charge is 2.24. The second-order valence-electron chi connectivity index (χ2n) is 7.01. The SMILES string of the molecule is CCCCCCCCCCCCC(C(C)=O)C(=O)OCCCCC. The molecule has 0 heterocycles. The number of hydrogen-bond donors (Lipinski definition) is 0. The third-order valence-corrected chi connectivity index (χ3v) is 4.61. The van der Waals surface area contributed by atoms with E-state index in [0.717, 1.165) is 32.1 Å². The Bertz CT molecular complexity index is 312. The topological polar surface area (TPSA) is 43.4 Å². The van der Waals surface area contributed by atoms with Gasteiger partial charge in [0.2, 0.25) is 0 Å². The van der Waals surface area contributed by atoms with E-state index in [9.17, 15) is 9.59 Å². The van der Waals surface area contributed by atoms with Gasteiger partial charge in [-0.05, 0) is 19.8 Å². The first-order chi connectivity index (χ1) is 11.6. The summed E-state index contributed by atoms with van der Waals surface area (Å²) in [5.41, 5.74) is 0. The maximum atomic E-state index is 12.0. The first kappa shape index (κ1) is 23.1. The average molecular weight is 341 g/mol. The maximum Gasteiger partial charge on any atom is 0.316 e. The molecule has 0 spiro atoms. The normalized spacial score (nSPS) is 12.1. The van der Waals surface area contributed by atoms with E-state index in [-0.39, 0.29) is 11.8 Å². The van der Waals surface area contributed by atoms with E-state index in [0.29, 0.717) is 13.0 Å². The molecule has 142 valence electrons. The van der Waals surface area contributed by atoms with Gasteiger partial charge >= 0.3 is 5.97 Å². The molecule has 0 fully saturated rings. The maximum absolute atomic E-state index is 12.0. The van der Waals surface area contributed by atoms with Crippen molar-refractivity contribution in [1.82, 2.24) is 0 Å². The van der Waals surface area contributed by atoms with Gasteiger partial charge in [-0.3, -0.25) is 9.59 Å². The summed E-state index contributed by atoms with van der Waals surface area (Å²) in [6, 6.07) is 0. The summed E-state index contributed by atoms with van der Waals surface area (Å²) in [6.45, 7) is 6.32. The number of ketones is 1. The molecule has 0 bridgehead atoms. The Hall–Kier alpha value is -0.860. The Balaban J connectivity index is 3.67.